The quantitative estimate of drug-likeness (QED) is 0.163. The van der Waals surface area contributed by atoms with Crippen molar-refractivity contribution in [1.29, 1.82) is 0 Å². The van der Waals surface area contributed by atoms with Gasteiger partial charge in [0.1, 0.15) is 11.2 Å². The summed E-state index contributed by atoms with van der Waals surface area (Å²) in [5, 5.41) is 4.74. The first-order valence-corrected chi connectivity index (χ1v) is 20.0. The van der Waals surface area contributed by atoms with Crippen LogP contribution in [0.25, 0.3) is 60.6 Å². The molecule has 0 bridgehead atoms. The van der Waals surface area contributed by atoms with E-state index in [0.29, 0.717) is 5.92 Å². The van der Waals surface area contributed by atoms with E-state index in [1.54, 1.807) is 0 Å². The zero-order valence-corrected chi connectivity index (χ0v) is 31.6. The van der Waals surface area contributed by atoms with Crippen LogP contribution in [-0.2, 0) is 0 Å². The van der Waals surface area contributed by atoms with Crippen LogP contribution in [0.5, 0.6) is 0 Å². The number of nitrogens with zero attached hydrogens (tertiary/aromatic N) is 2. The van der Waals surface area contributed by atoms with E-state index in [4.69, 9.17) is 4.42 Å². The zero-order chi connectivity index (χ0) is 37.7. The topological polar surface area (TPSA) is 21.3 Å². The fraction of sp³-hybridized carbons (Fsp3) is 0.0741. The highest BCUT2D eigenvalue weighted by Crippen LogP contribution is 2.42. The standard InChI is InChI=1S/C54H40N2O/c1-3-12-37(13-4-1)38-22-24-39(25-23-38)40-26-30-43(31-27-40)55(44-32-28-41(29-33-44)46-18-11-19-49-48-17-8-10-21-53(48)57-54(46)49)45-34-35-52-50(36-45)47-16-7-9-20-51(47)56(52)42-14-5-2-6-15-42/h2-3,5-24,26-36,39H,1,4,25H2. The fourth-order valence-electron chi connectivity index (χ4n) is 8.95. The van der Waals surface area contributed by atoms with Gasteiger partial charge in [0, 0.05) is 55.8 Å². The van der Waals surface area contributed by atoms with Crippen molar-refractivity contribution in [3.05, 3.63) is 217 Å². The van der Waals surface area contributed by atoms with Gasteiger partial charge in [-0.1, -0.05) is 134 Å². The van der Waals surface area contributed by atoms with Gasteiger partial charge in [0.2, 0.25) is 0 Å². The summed E-state index contributed by atoms with van der Waals surface area (Å²) >= 11 is 0. The van der Waals surface area contributed by atoms with Crippen LogP contribution >= 0.6 is 0 Å². The maximum atomic E-state index is 6.44. The molecular weight excluding hydrogens is 693 g/mol. The minimum atomic E-state index is 0.352. The lowest BCUT2D eigenvalue weighted by Crippen LogP contribution is -2.10. The third-order valence-corrected chi connectivity index (χ3v) is 11.8. The molecule has 9 aromatic rings. The fourth-order valence-corrected chi connectivity index (χ4v) is 8.95. The van der Waals surface area contributed by atoms with E-state index in [-0.39, 0.29) is 0 Å². The Labute approximate surface area is 332 Å². The molecule has 2 aliphatic rings. The highest BCUT2D eigenvalue weighted by Gasteiger charge is 2.20. The lowest BCUT2D eigenvalue weighted by molar-refractivity contribution is 0.670. The Kier molecular flexibility index (Phi) is 8.10. The first-order valence-electron chi connectivity index (χ1n) is 20.0. The maximum absolute atomic E-state index is 6.44. The molecule has 3 heteroatoms. The van der Waals surface area contributed by atoms with Gasteiger partial charge in [0.05, 0.1) is 11.0 Å². The van der Waals surface area contributed by atoms with Crippen LogP contribution in [0, 0.1) is 0 Å². The van der Waals surface area contributed by atoms with Gasteiger partial charge >= 0.3 is 0 Å². The van der Waals surface area contributed by atoms with E-state index in [0.717, 1.165) is 75.1 Å². The number of allylic oxidation sites excluding steroid dienone is 8. The Morgan fingerprint density at radius 2 is 1.23 bits per heavy atom. The van der Waals surface area contributed by atoms with Crippen LogP contribution in [0.4, 0.5) is 17.1 Å². The molecule has 1 unspecified atom stereocenters. The second kappa shape index (κ2) is 13.9. The zero-order valence-electron chi connectivity index (χ0n) is 31.6. The van der Waals surface area contributed by atoms with Crippen molar-refractivity contribution in [1.82, 2.24) is 4.57 Å². The van der Waals surface area contributed by atoms with Crippen LogP contribution in [0.3, 0.4) is 0 Å². The lowest BCUT2D eigenvalue weighted by Gasteiger charge is -2.27. The molecule has 7 aromatic carbocycles. The molecular formula is C54H40N2O. The van der Waals surface area contributed by atoms with Crippen molar-refractivity contribution in [3.63, 3.8) is 0 Å². The van der Waals surface area contributed by atoms with Gasteiger partial charge in [-0.2, -0.15) is 0 Å². The summed E-state index contributed by atoms with van der Waals surface area (Å²) in [4.78, 5) is 2.39. The normalized spacial score (nSPS) is 15.4. The van der Waals surface area contributed by atoms with Crippen molar-refractivity contribution in [2.75, 3.05) is 4.90 Å². The monoisotopic (exact) mass is 732 g/mol. The lowest BCUT2D eigenvalue weighted by atomic mass is 9.87. The molecule has 2 aromatic heterocycles. The Hall–Kier alpha value is -7.10. The van der Waals surface area contributed by atoms with Gasteiger partial charge in [0.25, 0.3) is 0 Å². The summed E-state index contributed by atoms with van der Waals surface area (Å²) in [5.41, 5.74) is 14.9. The molecule has 2 heterocycles. The molecule has 57 heavy (non-hydrogen) atoms. The minimum absolute atomic E-state index is 0.352. The number of hydrogen-bond donors (Lipinski definition) is 0. The molecule has 3 nitrogen and oxygen atoms in total. The van der Waals surface area contributed by atoms with Crippen LogP contribution in [-0.4, -0.2) is 4.57 Å². The van der Waals surface area contributed by atoms with E-state index in [9.17, 15) is 0 Å². The van der Waals surface area contributed by atoms with E-state index in [1.165, 1.54) is 38.5 Å². The van der Waals surface area contributed by atoms with E-state index >= 15 is 0 Å². The number of fused-ring (bicyclic) bond motifs is 6. The summed E-state index contributed by atoms with van der Waals surface area (Å²) in [7, 11) is 0. The number of hydrogen-bond acceptors (Lipinski definition) is 2. The maximum Gasteiger partial charge on any atom is 0.143 e. The number of aromatic nitrogens is 1. The number of furan rings is 1. The van der Waals surface area contributed by atoms with Gasteiger partial charge in [0.15, 0.2) is 0 Å². The van der Waals surface area contributed by atoms with Crippen molar-refractivity contribution >= 4 is 60.8 Å². The molecule has 1 atom stereocenters. The Morgan fingerprint density at radius 1 is 0.526 bits per heavy atom. The molecule has 2 aliphatic carbocycles. The summed E-state index contributed by atoms with van der Waals surface area (Å²) in [6, 6.07) is 59.2. The van der Waals surface area contributed by atoms with Crippen LogP contribution in [0.1, 0.15) is 30.7 Å². The Bertz CT molecular complexity index is 3080. The second-order valence-corrected chi connectivity index (χ2v) is 15.1. The minimum Gasteiger partial charge on any atom is -0.455 e. The molecule has 0 aliphatic heterocycles. The molecule has 0 fully saturated rings. The number of anilines is 3. The van der Waals surface area contributed by atoms with Crippen molar-refractivity contribution in [2.24, 2.45) is 0 Å². The molecule has 0 radical (unpaired) electrons. The second-order valence-electron chi connectivity index (χ2n) is 15.1. The summed E-state index contributed by atoms with van der Waals surface area (Å²) in [6.45, 7) is 0. The SMILES string of the molecule is C1=CC(C2=CCC(c3ccc(N(c4ccc(-c5cccc6c5oc5ccccc56)cc4)c4ccc5c(c4)c4ccccc4n5-c4ccccc4)cc3)C=C2)=CCC1. The summed E-state index contributed by atoms with van der Waals surface area (Å²) < 4.78 is 8.81. The van der Waals surface area contributed by atoms with Gasteiger partial charge in [-0.3, -0.25) is 0 Å². The highest BCUT2D eigenvalue weighted by atomic mass is 16.3. The predicted molar refractivity (Wildman–Crippen MR) is 239 cm³/mol. The van der Waals surface area contributed by atoms with Gasteiger partial charge < -0.3 is 13.9 Å². The molecule has 11 rings (SSSR count). The van der Waals surface area contributed by atoms with Crippen LogP contribution in [0.15, 0.2) is 216 Å². The van der Waals surface area contributed by atoms with Gasteiger partial charge in [-0.05, 0) is 108 Å². The predicted octanol–water partition coefficient (Wildman–Crippen LogP) is 15.1. The first kappa shape index (κ1) is 33.3. The van der Waals surface area contributed by atoms with E-state index in [1.807, 2.05) is 12.1 Å². The first-order chi connectivity index (χ1) is 28.3. The largest absolute Gasteiger partial charge is 0.455 e. The summed E-state index contributed by atoms with van der Waals surface area (Å²) in [5.74, 6) is 0.352. The average Bonchev–Trinajstić information content (AvgIpc) is 3.84. The highest BCUT2D eigenvalue weighted by molar-refractivity contribution is 6.11. The number of para-hydroxylation sites is 4. The van der Waals surface area contributed by atoms with Gasteiger partial charge in [-0.15, -0.1) is 0 Å². The van der Waals surface area contributed by atoms with Gasteiger partial charge in [-0.25, -0.2) is 0 Å². The molecule has 0 saturated carbocycles. The Balaban J connectivity index is 1.00. The third-order valence-electron chi connectivity index (χ3n) is 11.8. The van der Waals surface area contributed by atoms with Crippen molar-refractivity contribution < 1.29 is 4.42 Å². The molecule has 272 valence electrons. The smallest absolute Gasteiger partial charge is 0.143 e. The molecule has 0 spiro atoms. The summed E-state index contributed by atoms with van der Waals surface area (Å²) in [6.07, 6.45) is 17.3. The van der Waals surface area contributed by atoms with Crippen molar-refractivity contribution in [3.8, 4) is 16.8 Å². The van der Waals surface area contributed by atoms with Crippen molar-refractivity contribution in [2.45, 2.75) is 25.2 Å². The number of benzene rings is 7. The van der Waals surface area contributed by atoms with Crippen LogP contribution in [0.2, 0.25) is 0 Å². The molecule has 0 amide bonds. The molecule has 0 saturated heterocycles. The Morgan fingerprint density at radius 3 is 2.02 bits per heavy atom. The average molecular weight is 733 g/mol. The third kappa shape index (κ3) is 5.82. The van der Waals surface area contributed by atoms with E-state index < -0.39 is 0 Å². The number of rotatable bonds is 7. The molecule has 0 N–H and O–H groups in total. The van der Waals surface area contributed by atoms with Crippen LogP contribution < -0.4 is 4.90 Å². The van der Waals surface area contributed by atoms with E-state index in [2.05, 4.69) is 198 Å².